The number of hydrogen-bond acceptors (Lipinski definition) is 2. The summed E-state index contributed by atoms with van der Waals surface area (Å²) in [5.74, 6) is 1.03. The molecule has 0 aromatic carbocycles. The van der Waals surface area contributed by atoms with Gasteiger partial charge >= 0.3 is 0 Å². The van der Waals surface area contributed by atoms with E-state index in [1.54, 1.807) is 0 Å². The van der Waals surface area contributed by atoms with Gasteiger partial charge in [-0.15, -0.1) is 0 Å². The maximum Gasteiger partial charge on any atom is 0.000966 e. The number of piperidine rings is 1. The minimum absolute atomic E-state index is 0.697. The molecule has 98 valence electrons. The second-order valence-electron chi connectivity index (χ2n) is 6.73. The van der Waals surface area contributed by atoms with Crippen LogP contribution in [0.1, 0.15) is 51.4 Å². The maximum atomic E-state index is 3.56. The molecule has 2 nitrogen and oxygen atoms in total. The number of likely N-dealkylation sites (tertiary alicyclic amines) is 1. The van der Waals surface area contributed by atoms with Crippen LogP contribution in [0.3, 0.4) is 0 Å². The predicted octanol–water partition coefficient (Wildman–Crippen LogP) is 2.64. The average Bonchev–Trinajstić information content (AvgIpc) is 2.83. The van der Waals surface area contributed by atoms with Gasteiger partial charge in [0.25, 0.3) is 0 Å². The van der Waals surface area contributed by atoms with Gasteiger partial charge in [-0.3, -0.25) is 0 Å². The van der Waals surface area contributed by atoms with Crippen molar-refractivity contribution < 1.29 is 0 Å². The lowest BCUT2D eigenvalue weighted by molar-refractivity contribution is 0.0977. The molecule has 1 N–H and O–H groups in total. The summed E-state index contributed by atoms with van der Waals surface area (Å²) in [6.07, 6.45) is 11.8. The molecule has 1 saturated carbocycles. The summed E-state index contributed by atoms with van der Waals surface area (Å²) >= 11 is 0. The predicted molar refractivity (Wildman–Crippen MR) is 72.2 cm³/mol. The van der Waals surface area contributed by atoms with Crippen LogP contribution in [-0.4, -0.2) is 37.6 Å². The first-order valence-corrected chi connectivity index (χ1v) is 7.79. The van der Waals surface area contributed by atoms with Gasteiger partial charge in [0.05, 0.1) is 0 Å². The van der Waals surface area contributed by atoms with Gasteiger partial charge in [0, 0.05) is 13.1 Å². The molecule has 0 amide bonds. The molecule has 3 fully saturated rings. The molecule has 17 heavy (non-hydrogen) atoms. The highest BCUT2D eigenvalue weighted by Crippen LogP contribution is 2.37. The fraction of sp³-hybridized carbons (Fsp3) is 1.00. The first-order valence-electron chi connectivity index (χ1n) is 7.79. The van der Waals surface area contributed by atoms with Crippen molar-refractivity contribution in [3.05, 3.63) is 0 Å². The smallest absolute Gasteiger partial charge is 0.000966 e. The number of nitrogens with zero attached hydrogens (tertiary/aromatic N) is 1. The van der Waals surface area contributed by atoms with Gasteiger partial charge in [-0.1, -0.05) is 19.3 Å². The van der Waals surface area contributed by atoms with Crippen molar-refractivity contribution >= 4 is 0 Å². The molecule has 2 heteroatoms. The van der Waals surface area contributed by atoms with Gasteiger partial charge in [-0.05, 0) is 63.1 Å². The zero-order valence-electron chi connectivity index (χ0n) is 11.2. The van der Waals surface area contributed by atoms with Gasteiger partial charge in [0.1, 0.15) is 0 Å². The van der Waals surface area contributed by atoms with Crippen molar-refractivity contribution in [3.8, 4) is 0 Å². The van der Waals surface area contributed by atoms with Crippen molar-refractivity contribution in [2.24, 2.45) is 11.3 Å². The summed E-state index contributed by atoms with van der Waals surface area (Å²) in [5.41, 5.74) is 0.697. The molecule has 3 aliphatic rings. The van der Waals surface area contributed by atoms with E-state index >= 15 is 0 Å². The molecule has 2 saturated heterocycles. The van der Waals surface area contributed by atoms with E-state index in [0.717, 1.165) is 5.92 Å². The highest BCUT2D eigenvalue weighted by Gasteiger charge is 2.37. The summed E-state index contributed by atoms with van der Waals surface area (Å²) in [6.45, 7) is 6.72. The van der Waals surface area contributed by atoms with Crippen LogP contribution in [0.2, 0.25) is 0 Å². The zero-order valence-corrected chi connectivity index (χ0v) is 11.2. The Morgan fingerprint density at radius 1 is 1.00 bits per heavy atom. The van der Waals surface area contributed by atoms with Gasteiger partial charge in [0.2, 0.25) is 0 Å². The molecule has 2 heterocycles. The number of nitrogens with one attached hydrogen (secondary N) is 1. The first-order chi connectivity index (χ1) is 8.36. The SMILES string of the molecule is C1CCC(CN2CCC3(CCNC3)CC2)CC1. The maximum absolute atomic E-state index is 3.56. The number of rotatable bonds is 2. The van der Waals surface area contributed by atoms with Gasteiger partial charge in [-0.2, -0.15) is 0 Å². The quantitative estimate of drug-likeness (QED) is 0.793. The molecular formula is C15H28N2. The molecule has 0 aromatic rings. The lowest BCUT2D eigenvalue weighted by Crippen LogP contribution is -2.43. The Bertz CT molecular complexity index is 229. The Hall–Kier alpha value is -0.0800. The third-order valence-electron chi connectivity index (χ3n) is 5.49. The zero-order chi connectivity index (χ0) is 11.6. The number of hydrogen-bond donors (Lipinski definition) is 1. The molecule has 0 aromatic heterocycles. The summed E-state index contributed by atoms with van der Waals surface area (Å²) < 4.78 is 0. The highest BCUT2D eigenvalue weighted by molar-refractivity contribution is 4.92. The monoisotopic (exact) mass is 236 g/mol. The lowest BCUT2D eigenvalue weighted by Gasteiger charge is -2.40. The van der Waals surface area contributed by atoms with Crippen LogP contribution in [0, 0.1) is 11.3 Å². The Labute approximate surface area is 106 Å². The topological polar surface area (TPSA) is 15.3 Å². The molecule has 1 spiro atoms. The molecular weight excluding hydrogens is 208 g/mol. The van der Waals surface area contributed by atoms with Crippen LogP contribution in [0.25, 0.3) is 0 Å². The van der Waals surface area contributed by atoms with E-state index in [1.165, 1.54) is 84.1 Å². The fourth-order valence-electron chi connectivity index (χ4n) is 4.17. The van der Waals surface area contributed by atoms with Crippen molar-refractivity contribution in [2.75, 3.05) is 32.7 Å². The average molecular weight is 236 g/mol. The second-order valence-corrected chi connectivity index (χ2v) is 6.73. The van der Waals surface area contributed by atoms with E-state index < -0.39 is 0 Å². The van der Waals surface area contributed by atoms with Crippen molar-refractivity contribution in [3.63, 3.8) is 0 Å². The second kappa shape index (κ2) is 5.27. The van der Waals surface area contributed by atoms with E-state index in [0.29, 0.717) is 5.41 Å². The fourth-order valence-corrected chi connectivity index (χ4v) is 4.17. The Morgan fingerprint density at radius 3 is 2.41 bits per heavy atom. The summed E-state index contributed by atoms with van der Waals surface area (Å²) in [7, 11) is 0. The molecule has 0 bridgehead atoms. The van der Waals surface area contributed by atoms with Crippen LogP contribution in [0.4, 0.5) is 0 Å². The van der Waals surface area contributed by atoms with Crippen LogP contribution in [-0.2, 0) is 0 Å². The third-order valence-corrected chi connectivity index (χ3v) is 5.49. The summed E-state index contributed by atoms with van der Waals surface area (Å²) in [6, 6.07) is 0. The minimum Gasteiger partial charge on any atom is -0.316 e. The third kappa shape index (κ3) is 2.85. The van der Waals surface area contributed by atoms with Crippen molar-refractivity contribution in [1.29, 1.82) is 0 Å². The van der Waals surface area contributed by atoms with E-state index in [2.05, 4.69) is 10.2 Å². The van der Waals surface area contributed by atoms with Crippen LogP contribution < -0.4 is 5.32 Å². The van der Waals surface area contributed by atoms with E-state index in [4.69, 9.17) is 0 Å². The standard InChI is InChI=1S/C15H28N2/c1-2-4-14(5-3-1)12-17-10-7-15(8-11-17)6-9-16-13-15/h14,16H,1-13H2. The Morgan fingerprint density at radius 2 is 1.76 bits per heavy atom. The molecule has 0 radical (unpaired) electrons. The normalized spacial score (nSPS) is 31.1. The Balaban J connectivity index is 1.44. The molecule has 0 atom stereocenters. The van der Waals surface area contributed by atoms with Crippen molar-refractivity contribution in [2.45, 2.75) is 51.4 Å². The lowest BCUT2D eigenvalue weighted by atomic mass is 9.77. The van der Waals surface area contributed by atoms with Gasteiger partial charge < -0.3 is 10.2 Å². The van der Waals surface area contributed by atoms with E-state index in [-0.39, 0.29) is 0 Å². The van der Waals surface area contributed by atoms with E-state index in [9.17, 15) is 0 Å². The van der Waals surface area contributed by atoms with E-state index in [1.807, 2.05) is 0 Å². The van der Waals surface area contributed by atoms with Crippen LogP contribution in [0.15, 0.2) is 0 Å². The largest absolute Gasteiger partial charge is 0.316 e. The minimum atomic E-state index is 0.697. The van der Waals surface area contributed by atoms with Gasteiger partial charge in [-0.25, -0.2) is 0 Å². The highest BCUT2D eigenvalue weighted by atomic mass is 15.1. The molecule has 3 rings (SSSR count). The first kappa shape index (κ1) is 12.0. The molecule has 0 unspecified atom stereocenters. The van der Waals surface area contributed by atoms with Crippen LogP contribution >= 0.6 is 0 Å². The molecule has 2 aliphatic heterocycles. The summed E-state index contributed by atoms with van der Waals surface area (Å²) in [4.78, 5) is 2.76. The molecule has 1 aliphatic carbocycles. The van der Waals surface area contributed by atoms with Crippen molar-refractivity contribution in [1.82, 2.24) is 10.2 Å². The van der Waals surface area contributed by atoms with Crippen LogP contribution in [0.5, 0.6) is 0 Å². The Kier molecular flexibility index (Phi) is 3.72. The summed E-state index contributed by atoms with van der Waals surface area (Å²) in [5, 5.41) is 3.56. The van der Waals surface area contributed by atoms with Gasteiger partial charge in [0.15, 0.2) is 0 Å².